The van der Waals surface area contributed by atoms with Crippen LogP contribution >= 0.6 is 31.9 Å². The van der Waals surface area contributed by atoms with Crippen molar-refractivity contribution in [3.63, 3.8) is 0 Å². The van der Waals surface area contributed by atoms with E-state index in [1.54, 1.807) is 18.2 Å². The van der Waals surface area contributed by atoms with Crippen LogP contribution in [0.3, 0.4) is 0 Å². The summed E-state index contributed by atoms with van der Waals surface area (Å²) in [5.41, 5.74) is 7.48. The molecule has 0 aliphatic rings. The molecule has 0 aliphatic heterocycles. The Balaban J connectivity index is 2.18. The molecule has 0 unspecified atom stereocenters. The molecule has 0 aromatic heterocycles. The van der Waals surface area contributed by atoms with E-state index in [-0.39, 0.29) is 5.91 Å². The zero-order valence-corrected chi connectivity index (χ0v) is 14.5. The number of nitrogens with one attached hydrogen (secondary N) is 1. The summed E-state index contributed by atoms with van der Waals surface area (Å²) in [5, 5.41) is 2.83. The Morgan fingerprint density at radius 3 is 2.62 bits per heavy atom. The summed E-state index contributed by atoms with van der Waals surface area (Å²) in [6, 6.07) is 10.5. The molecule has 0 saturated heterocycles. The maximum Gasteiger partial charge on any atom is 0.255 e. The number of halogens is 2. The molecule has 6 heteroatoms. The van der Waals surface area contributed by atoms with Gasteiger partial charge in [-0.2, -0.15) is 0 Å². The first kappa shape index (κ1) is 15.9. The maximum atomic E-state index is 12.2. The van der Waals surface area contributed by atoms with Gasteiger partial charge < -0.3 is 15.8 Å². The van der Waals surface area contributed by atoms with Gasteiger partial charge in [0.25, 0.3) is 5.91 Å². The normalized spacial score (nSPS) is 10.2. The molecular weight excluding hydrogens is 400 g/mol. The lowest BCUT2D eigenvalue weighted by Crippen LogP contribution is -2.13. The highest BCUT2D eigenvalue weighted by atomic mass is 79.9. The van der Waals surface area contributed by atoms with E-state index in [0.29, 0.717) is 29.3 Å². The second kappa shape index (κ2) is 6.95. The van der Waals surface area contributed by atoms with Gasteiger partial charge in [0.1, 0.15) is 5.75 Å². The van der Waals surface area contributed by atoms with Gasteiger partial charge in [-0.1, -0.05) is 15.9 Å². The van der Waals surface area contributed by atoms with Crippen molar-refractivity contribution in [3.8, 4) is 5.75 Å². The van der Waals surface area contributed by atoms with Crippen molar-refractivity contribution in [2.24, 2.45) is 0 Å². The van der Waals surface area contributed by atoms with E-state index in [0.717, 1.165) is 8.95 Å². The van der Waals surface area contributed by atoms with Gasteiger partial charge in [-0.3, -0.25) is 4.79 Å². The van der Waals surface area contributed by atoms with E-state index in [1.165, 1.54) is 0 Å². The van der Waals surface area contributed by atoms with Crippen LogP contribution in [0.4, 0.5) is 11.4 Å². The first-order chi connectivity index (χ1) is 10.0. The van der Waals surface area contributed by atoms with Crippen LogP contribution in [0.1, 0.15) is 17.3 Å². The fourth-order valence-corrected chi connectivity index (χ4v) is 2.91. The standard InChI is InChI=1S/C15H14Br2N2O2/c1-2-21-14-6-3-9(7-12(14)18)15(20)19-13-5-4-10(16)8-11(13)17/h3-8H,2,18H2,1H3,(H,19,20). The molecule has 0 radical (unpaired) electrons. The number of hydrogen-bond acceptors (Lipinski definition) is 3. The van der Waals surface area contributed by atoms with Crippen LogP contribution in [0.2, 0.25) is 0 Å². The van der Waals surface area contributed by atoms with Crippen molar-refractivity contribution >= 4 is 49.1 Å². The third-order valence-electron chi connectivity index (χ3n) is 2.75. The van der Waals surface area contributed by atoms with Gasteiger partial charge in [0.15, 0.2) is 0 Å². The van der Waals surface area contributed by atoms with Gasteiger partial charge in [0.2, 0.25) is 0 Å². The topological polar surface area (TPSA) is 64.3 Å². The van der Waals surface area contributed by atoms with E-state index in [1.807, 2.05) is 25.1 Å². The maximum absolute atomic E-state index is 12.2. The highest BCUT2D eigenvalue weighted by Crippen LogP contribution is 2.27. The van der Waals surface area contributed by atoms with E-state index in [4.69, 9.17) is 10.5 Å². The number of carbonyl (C=O) groups is 1. The van der Waals surface area contributed by atoms with Crippen LogP contribution in [0.15, 0.2) is 45.3 Å². The lowest BCUT2D eigenvalue weighted by Gasteiger charge is -2.10. The number of rotatable bonds is 4. The first-order valence-electron chi connectivity index (χ1n) is 6.30. The molecule has 0 atom stereocenters. The summed E-state index contributed by atoms with van der Waals surface area (Å²) in [6.45, 7) is 2.41. The molecule has 0 bridgehead atoms. The molecule has 0 aliphatic carbocycles. The fourth-order valence-electron chi connectivity index (χ4n) is 1.76. The summed E-state index contributed by atoms with van der Waals surface area (Å²) < 4.78 is 7.08. The molecule has 4 nitrogen and oxygen atoms in total. The van der Waals surface area contributed by atoms with Crippen molar-refractivity contribution in [1.82, 2.24) is 0 Å². The lowest BCUT2D eigenvalue weighted by atomic mass is 10.1. The quantitative estimate of drug-likeness (QED) is 0.728. The number of carbonyl (C=O) groups excluding carboxylic acids is 1. The average Bonchev–Trinajstić information content (AvgIpc) is 2.44. The molecule has 2 rings (SSSR count). The average molecular weight is 414 g/mol. The monoisotopic (exact) mass is 412 g/mol. The highest BCUT2D eigenvalue weighted by molar-refractivity contribution is 9.11. The Bertz CT molecular complexity index is 675. The third-order valence-corrected chi connectivity index (χ3v) is 3.90. The minimum Gasteiger partial charge on any atom is -0.492 e. The van der Waals surface area contributed by atoms with Gasteiger partial charge in [-0.15, -0.1) is 0 Å². The minimum absolute atomic E-state index is 0.229. The van der Waals surface area contributed by atoms with E-state index in [9.17, 15) is 4.79 Å². The zero-order valence-electron chi connectivity index (χ0n) is 11.3. The number of benzene rings is 2. The van der Waals surface area contributed by atoms with E-state index < -0.39 is 0 Å². The molecule has 3 N–H and O–H groups in total. The number of nitrogen functional groups attached to an aromatic ring is 1. The molecule has 110 valence electrons. The number of anilines is 2. The molecule has 0 fully saturated rings. The van der Waals surface area contributed by atoms with Crippen LogP contribution in [0.5, 0.6) is 5.75 Å². The van der Waals surface area contributed by atoms with Crippen LogP contribution in [0.25, 0.3) is 0 Å². The molecule has 2 aromatic carbocycles. The smallest absolute Gasteiger partial charge is 0.255 e. The Kier molecular flexibility index (Phi) is 5.25. The summed E-state index contributed by atoms with van der Waals surface area (Å²) >= 11 is 6.77. The van der Waals surface area contributed by atoms with Crippen molar-refractivity contribution in [2.75, 3.05) is 17.7 Å². The molecule has 0 heterocycles. The highest BCUT2D eigenvalue weighted by Gasteiger charge is 2.11. The summed E-state index contributed by atoms with van der Waals surface area (Å²) in [7, 11) is 0. The van der Waals surface area contributed by atoms with Gasteiger partial charge in [0.05, 0.1) is 18.0 Å². The van der Waals surface area contributed by atoms with Crippen LogP contribution in [0, 0.1) is 0 Å². The predicted molar refractivity (Wildman–Crippen MR) is 91.8 cm³/mol. The largest absolute Gasteiger partial charge is 0.492 e. The molecule has 1 amide bonds. The van der Waals surface area contributed by atoms with Gasteiger partial charge in [-0.25, -0.2) is 0 Å². The van der Waals surface area contributed by atoms with Crippen molar-refractivity contribution in [3.05, 3.63) is 50.9 Å². The van der Waals surface area contributed by atoms with Crippen molar-refractivity contribution in [1.29, 1.82) is 0 Å². The number of hydrogen-bond donors (Lipinski definition) is 2. The van der Waals surface area contributed by atoms with E-state index >= 15 is 0 Å². The molecule has 0 saturated carbocycles. The third kappa shape index (κ3) is 3.98. The van der Waals surface area contributed by atoms with Gasteiger partial charge in [-0.05, 0) is 59.3 Å². The van der Waals surface area contributed by atoms with Gasteiger partial charge in [0, 0.05) is 14.5 Å². The predicted octanol–water partition coefficient (Wildman–Crippen LogP) is 4.44. The summed E-state index contributed by atoms with van der Waals surface area (Å²) in [6.07, 6.45) is 0. The fraction of sp³-hybridized carbons (Fsp3) is 0.133. The molecule has 2 aromatic rings. The summed E-state index contributed by atoms with van der Waals surface area (Å²) in [5.74, 6) is 0.353. The van der Waals surface area contributed by atoms with Crippen molar-refractivity contribution in [2.45, 2.75) is 6.92 Å². The number of amides is 1. The zero-order chi connectivity index (χ0) is 15.4. The minimum atomic E-state index is -0.229. The Hall–Kier alpha value is -1.53. The van der Waals surface area contributed by atoms with Crippen LogP contribution in [-0.2, 0) is 0 Å². The summed E-state index contributed by atoms with van der Waals surface area (Å²) in [4.78, 5) is 12.2. The molecular formula is C15H14Br2N2O2. The van der Waals surface area contributed by atoms with Crippen LogP contribution in [-0.4, -0.2) is 12.5 Å². The Labute approximate surface area is 139 Å². The van der Waals surface area contributed by atoms with Crippen LogP contribution < -0.4 is 15.8 Å². The molecule has 0 spiro atoms. The molecule has 21 heavy (non-hydrogen) atoms. The van der Waals surface area contributed by atoms with Crippen molar-refractivity contribution < 1.29 is 9.53 Å². The van der Waals surface area contributed by atoms with E-state index in [2.05, 4.69) is 37.2 Å². The Morgan fingerprint density at radius 1 is 1.24 bits per heavy atom. The second-order valence-corrected chi connectivity index (χ2v) is 6.03. The lowest BCUT2D eigenvalue weighted by molar-refractivity contribution is 0.102. The number of ether oxygens (including phenoxy) is 1. The number of nitrogens with two attached hydrogens (primary N) is 1. The second-order valence-electron chi connectivity index (χ2n) is 4.26. The van der Waals surface area contributed by atoms with Gasteiger partial charge >= 0.3 is 0 Å². The SMILES string of the molecule is CCOc1ccc(C(=O)Nc2ccc(Br)cc2Br)cc1N. The first-order valence-corrected chi connectivity index (χ1v) is 7.88. The Morgan fingerprint density at radius 2 is 2.00 bits per heavy atom.